The third-order valence-electron chi connectivity index (χ3n) is 10.1. The van der Waals surface area contributed by atoms with Gasteiger partial charge >= 0.3 is 0 Å². The Balaban J connectivity index is 1.46. The first-order valence-corrected chi connectivity index (χ1v) is 11.8. The smallest absolute Gasteiger partial charge is 0.159 e. The minimum Gasteiger partial charge on any atom is -0.390 e. The molecule has 1 aromatic rings. The van der Waals surface area contributed by atoms with E-state index in [9.17, 15) is 9.90 Å². The highest BCUT2D eigenvalue weighted by molar-refractivity contribution is 6.00. The molecule has 156 valence electrons. The number of fused-ring (bicyclic) bond motifs is 5. The van der Waals surface area contributed by atoms with Crippen LogP contribution in [0.5, 0.6) is 0 Å². The molecule has 1 N–H and O–H groups in total. The molecular formula is C27H36O2. The van der Waals surface area contributed by atoms with Gasteiger partial charge < -0.3 is 5.11 Å². The van der Waals surface area contributed by atoms with Gasteiger partial charge in [0, 0.05) is 6.42 Å². The molecule has 0 aromatic heterocycles. The predicted octanol–water partition coefficient (Wildman–Crippen LogP) is 6.04. The lowest BCUT2D eigenvalue weighted by atomic mass is 9.44. The summed E-state index contributed by atoms with van der Waals surface area (Å²) < 4.78 is 0. The van der Waals surface area contributed by atoms with Gasteiger partial charge in [-0.15, -0.1) is 0 Å². The van der Waals surface area contributed by atoms with Gasteiger partial charge in [-0.05, 0) is 104 Å². The fourth-order valence-electron chi connectivity index (χ4n) is 8.13. The number of hydrogen-bond donors (Lipinski definition) is 1. The van der Waals surface area contributed by atoms with Crippen molar-refractivity contribution in [3.8, 4) is 0 Å². The molecule has 0 saturated heterocycles. The van der Waals surface area contributed by atoms with E-state index in [4.69, 9.17) is 0 Å². The molecule has 7 atom stereocenters. The molecule has 0 aliphatic heterocycles. The van der Waals surface area contributed by atoms with Crippen molar-refractivity contribution >= 4 is 11.9 Å². The average Bonchev–Trinajstić information content (AvgIpc) is 2.93. The van der Waals surface area contributed by atoms with Crippen molar-refractivity contribution in [2.24, 2.45) is 34.5 Å². The number of rotatable bonds is 1. The largest absolute Gasteiger partial charge is 0.390 e. The number of aliphatic hydroxyl groups is 1. The van der Waals surface area contributed by atoms with Gasteiger partial charge in [-0.1, -0.05) is 44.2 Å². The van der Waals surface area contributed by atoms with E-state index in [0.717, 1.165) is 42.7 Å². The van der Waals surface area contributed by atoms with Crippen LogP contribution in [0.1, 0.15) is 77.7 Å². The molecule has 4 fully saturated rings. The van der Waals surface area contributed by atoms with Crippen molar-refractivity contribution in [1.82, 2.24) is 0 Å². The Hall–Kier alpha value is -1.41. The molecule has 0 radical (unpaired) electrons. The summed E-state index contributed by atoms with van der Waals surface area (Å²) >= 11 is 0. The molecule has 2 heteroatoms. The zero-order valence-electron chi connectivity index (χ0n) is 18.3. The summed E-state index contributed by atoms with van der Waals surface area (Å²) in [5.41, 5.74) is 1.98. The maximum absolute atomic E-state index is 13.0. The lowest BCUT2D eigenvalue weighted by Crippen LogP contribution is -2.56. The maximum Gasteiger partial charge on any atom is 0.159 e. The molecule has 4 aliphatic rings. The normalized spacial score (nSPS) is 48.1. The summed E-state index contributed by atoms with van der Waals surface area (Å²) in [5.74, 6) is 2.97. The lowest BCUT2D eigenvalue weighted by molar-refractivity contribution is -0.147. The van der Waals surface area contributed by atoms with Gasteiger partial charge in [0.25, 0.3) is 0 Å². The highest BCUT2D eigenvalue weighted by Gasteiger charge is 2.63. The topological polar surface area (TPSA) is 37.3 Å². The standard InChI is InChI=1S/C27H36O2/c1-25-17-19(15-18-7-5-4-6-8-18)24(28)16-20(25)9-10-21-22(25)11-13-26(2)23(21)12-14-27(26,3)29/h4-8,15,20-23,29H,9-14,16-17H2,1-3H3/b19-15+/t20-,21+,22-,23+,25-,26-,27-/m0/s1. The van der Waals surface area contributed by atoms with Crippen LogP contribution in [-0.2, 0) is 4.79 Å². The van der Waals surface area contributed by atoms with Crippen LogP contribution in [0.3, 0.4) is 0 Å². The number of carbonyl (C=O) groups excluding carboxylic acids is 1. The quantitative estimate of drug-likeness (QED) is 0.591. The van der Waals surface area contributed by atoms with Crippen LogP contribution in [0.15, 0.2) is 35.9 Å². The summed E-state index contributed by atoms with van der Waals surface area (Å²) in [7, 11) is 0. The summed E-state index contributed by atoms with van der Waals surface area (Å²) in [6.45, 7) is 6.94. The summed E-state index contributed by atoms with van der Waals surface area (Å²) in [6, 6.07) is 10.3. The zero-order valence-corrected chi connectivity index (χ0v) is 18.3. The first-order chi connectivity index (χ1) is 13.7. The molecule has 0 unspecified atom stereocenters. The van der Waals surface area contributed by atoms with Crippen LogP contribution in [0.2, 0.25) is 0 Å². The molecule has 0 heterocycles. The van der Waals surface area contributed by atoms with E-state index in [1.807, 2.05) is 6.07 Å². The van der Waals surface area contributed by atoms with E-state index in [2.05, 4.69) is 51.1 Å². The second-order valence-electron chi connectivity index (χ2n) is 11.3. The van der Waals surface area contributed by atoms with Crippen molar-refractivity contribution in [1.29, 1.82) is 0 Å². The zero-order chi connectivity index (χ0) is 20.4. The van der Waals surface area contributed by atoms with Crippen molar-refractivity contribution in [3.63, 3.8) is 0 Å². The third-order valence-corrected chi connectivity index (χ3v) is 10.1. The molecule has 0 spiro atoms. The SMILES string of the molecule is C[C@]12C/C(=C\c3ccccc3)C(=O)C[C@@H]1CC[C@H]1[C@H]3CC[C@](C)(O)[C@@]3(C)CC[C@@H]12. The van der Waals surface area contributed by atoms with Crippen LogP contribution in [0, 0.1) is 34.5 Å². The molecule has 29 heavy (non-hydrogen) atoms. The van der Waals surface area contributed by atoms with Crippen molar-refractivity contribution < 1.29 is 9.90 Å². The van der Waals surface area contributed by atoms with E-state index in [-0.39, 0.29) is 10.8 Å². The number of Topliss-reactive ketones (excluding diaryl/α,β-unsaturated/α-hetero) is 1. The first-order valence-electron chi connectivity index (χ1n) is 11.8. The minimum absolute atomic E-state index is 0.0740. The molecule has 2 nitrogen and oxygen atoms in total. The van der Waals surface area contributed by atoms with E-state index >= 15 is 0 Å². The average molecular weight is 393 g/mol. The molecule has 4 saturated carbocycles. The van der Waals surface area contributed by atoms with E-state index in [0.29, 0.717) is 23.5 Å². The van der Waals surface area contributed by atoms with Gasteiger partial charge in [-0.25, -0.2) is 0 Å². The number of benzene rings is 1. The number of carbonyl (C=O) groups is 1. The van der Waals surface area contributed by atoms with Crippen LogP contribution in [0.4, 0.5) is 0 Å². The second kappa shape index (κ2) is 6.54. The second-order valence-corrected chi connectivity index (χ2v) is 11.3. The van der Waals surface area contributed by atoms with Gasteiger partial charge in [0.05, 0.1) is 5.60 Å². The Morgan fingerprint density at radius 2 is 1.69 bits per heavy atom. The molecule has 0 bridgehead atoms. The monoisotopic (exact) mass is 392 g/mol. The van der Waals surface area contributed by atoms with E-state index < -0.39 is 5.60 Å². The van der Waals surface area contributed by atoms with Crippen molar-refractivity contribution in [3.05, 3.63) is 41.5 Å². The Labute approximate surface area is 175 Å². The summed E-state index contributed by atoms with van der Waals surface area (Å²) in [5, 5.41) is 11.1. The minimum atomic E-state index is -0.513. The number of hydrogen-bond acceptors (Lipinski definition) is 2. The Morgan fingerprint density at radius 3 is 2.45 bits per heavy atom. The molecule has 1 aromatic carbocycles. The van der Waals surface area contributed by atoms with Gasteiger partial charge in [0.2, 0.25) is 0 Å². The van der Waals surface area contributed by atoms with Crippen LogP contribution >= 0.6 is 0 Å². The predicted molar refractivity (Wildman–Crippen MR) is 117 cm³/mol. The van der Waals surface area contributed by atoms with Crippen LogP contribution in [0.25, 0.3) is 6.08 Å². The van der Waals surface area contributed by atoms with Crippen molar-refractivity contribution in [2.75, 3.05) is 0 Å². The Bertz CT molecular complexity index is 837. The summed E-state index contributed by atoms with van der Waals surface area (Å²) in [4.78, 5) is 13.0. The highest BCUT2D eigenvalue weighted by atomic mass is 16.3. The van der Waals surface area contributed by atoms with Gasteiger partial charge in [-0.3, -0.25) is 4.79 Å². The molecular weight excluding hydrogens is 356 g/mol. The number of ketones is 1. The van der Waals surface area contributed by atoms with Crippen LogP contribution < -0.4 is 0 Å². The van der Waals surface area contributed by atoms with E-state index in [1.165, 1.54) is 25.7 Å². The third kappa shape index (κ3) is 2.81. The fraction of sp³-hybridized carbons (Fsp3) is 0.667. The Morgan fingerprint density at radius 1 is 0.966 bits per heavy atom. The maximum atomic E-state index is 13.0. The molecule has 4 aliphatic carbocycles. The highest BCUT2D eigenvalue weighted by Crippen LogP contribution is 2.68. The van der Waals surface area contributed by atoms with Crippen LogP contribution in [-0.4, -0.2) is 16.5 Å². The van der Waals surface area contributed by atoms with Gasteiger partial charge in [-0.2, -0.15) is 0 Å². The number of allylic oxidation sites excluding steroid dienone is 1. The fourth-order valence-corrected chi connectivity index (χ4v) is 8.13. The Kier molecular flexibility index (Phi) is 4.41. The molecule has 5 rings (SSSR count). The van der Waals surface area contributed by atoms with Gasteiger partial charge in [0.15, 0.2) is 5.78 Å². The molecule has 0 amide bonds. The van der Waals surface area contributed by atoms with Gasteiger partial charge in [0.1, 0.15) is 0 Å². The lowest BCUT2D eigenvalue weighted by Gasteiger charge is -2.61. The first kappa shape index (κ1) is 19.5. The van der Waals surface area contributed by atoms with E-state index in [1.54, 1.807) is 0 Å². The summed E-state index contributed by atoms with van der Waals surface area (Å²) in [6.07, 6.45) is 10.8. The van der Waals surface area contributed by atoms with Crippen molar-refractivity contribution in [2.45, 2.75) is 77.7 Å².